The van der Waals surface area contributed by atoms with E-state index < -0.39 is 0 Å². The summed E-state index contributed by atoms with van der Waals surface area (Å²) in [4.78, 5) is 23.8. The van der Waals surface area contributed by atoms with Crippen molar-refractivity contribution in [3.63, 3.8) is 0 Å². The molecular formula is C20H28ClN5OS. The molecule has 6 nitrogen and oxygen atoms in total. The fraction of sp³-hybridized carbons (Fsp3) is 0.550. The molecule has 0 spiro atoms. The minimum Gasteiger partial charge on any atom is -0.354 e. The molecule has 0 bridgehead atoms. The molecule has 2 N–H and O–H groups in total. The van der Waals surface area contributed by atoms with Crippen LogP contribution in [0.5, 0.6) is 0 Å². The molecule has 2 unspecified atom stereocenters. The predicted molar refractivity (Wildman–Crippen MR) is 115 cm³/mol. The van der Waals surface area contributed by atoms with Gasteiger partial charge in [-0.15, -0.1) is 23.7 Å². The molecule has 4 heterocycles. The van der Waals surface area contributed by atoms with Crippen molar-refractivity contribution < 1.29 is 4.79 Å². The van der Waals surface area contributed by atoms with Crippen molar-refractivity contribution in [1.82, 2.24) is 25.5 Å². The van der Waals surface area contributed by atoms with Gasteiger partial charge < -0.3 is 10.6 Å². The van der Waals surface area contributed by atoms with Crippen LogP contribution >= 0.6 is 23.7 Å². The van der Waals surface area contributed by atoms with Crippen LogP contribution in [0.1, 0.15) is 31.4 Å². The average molecular weight is 422 g/mol. The van der Waals surface area contributed by atoms with E-state index in [0.29, 0.717) is 5.92 Å². The van der Waals surface area contributed by atoms with Crippen molar-refractivity contribution in [1.29, 1.82) is 0 Å². The first kappa shape index (κ1) is 21.2. The number of likely N-dealkylation sites (tertiary alicyclic amines) is 1. The van der Waals surface area contributed by atoms with Gasteiger partial charge in [-0.05, 0) is 56.8 Å². The SMILES string of the molecule is Cl.O=C(NCC1CCCN(Cc2csc(-c3ccccn3)n2)C1)C1CCCN1. The summed E-state index contributed by atoms with van der Waals surface area (Å²) in [7, 11) is 0. The van der Waals surface area contributed by atoms with Crippen LogP contribution < -0.4 is 10.6 Å². The summed E-state index contributed by atoms with van der Waals surface area (Å²) in [5.74, 6) is 0.696. The Hall–Kier alpha value is -1.54. The Kier molecular flexibility index (Phi) is 7.79. The Morgan fingerprint density at radius 3 is 3.04 bits per heavy atom. The van der Waals surface area contributed by atoms with Crippen LogP contribution in [0.4, 0.5) is 0 Å². The van der Waals surface area contributed by atoms with Gasteiger partial charge in [-0.2, -0.15) is 0 Å². The zero-order valence-corrected chi connectivity index (χ0v) is 17.6. The van der Waals surface area contributed by atoms with Crippen LogP contribution in [0, 0.1) is 5.92 Å². The van der Waals surface area contributed by atoms with E-state index in [1.807, 2.05) is 18.2 Å². The topological polar surface area (TPSA) is 70.2 Å². The monoisotopic (exact) mass is 421 g/mol. The van der Waals surface area contributed by atoms with Gasteiger partial charge in [0.15, 0.2) is 0 Å². The number of halogens is 1. The molecule has 0 saturated carbocycles. The minimum atomic E-state index is 0. The highest BCUT2D eigenvalue weighted by molar-refractivity contribution is 7.13. The molecular weight excluding hydrogens is 394 g/mol. The molecule has 2 aliphatic rings. The van der Waals surface area contributed by atoms with Crippen molar-refractivity contribution in [2.45, 2.75) is 38.3 Å². The lowest BCUT2D eigenvalue weighted by Gasteiger charge is -2.32. The third-order valence-corrected chi connectivity index (χ3v) is 6.28. The summed E-state index contributed by atoms with van der Waals surface area (Å²) in [5.41, 5.74) is 2.05. The Bertz CT molecular complexity index is 750. The zero-order valence-electron chi connectivity index (χ0n) is 16.0. The van der Waals surface area contributed by atoms with E-state index in [9.17, 15) is 4.79 Å². The molecule has 2 saturated heterocycles. The summed E-state index contributed by atoms with van der Waals surface area (Å²) in [6, 6.07) is 5.94. The predicted octanol–water partition coefficient (Wildman–Crippen LogP) is 2.71. The zero-order chi connectivity index (χ0) is 18.5. The van der Waals surface area contributed by atoms with Crippen molar-refractivity contribution >= 4 is 29.7 Å². The van der Waals surface area contributed by atoms with E-state index in [1.54, 1.807) is 17.5 Å². The van der Waals surface area contributed by atoms with Gasteiger partial charge in [0.2, 0.25) is 5.91 Å². The van der Waals surface area contributed by atoms with Crippen molar-refractivity contribution in [3.05, 3.63) is 35.5 Å². The lowest BCUT2D eigenvalue weighted by molar-refractivity contribution is -0.123. The molecule has 2 atom stereocenters. The molecule has 28 heavy (non-hydrogen) atoms. The number of nitrogens with one attached hydrogen (secondary N) is 2. The van der Waals surface area contributed by atoms with Crippen molar-refractivity contribution in [3.8, 4) is 10.7 Å². The summed E-state index contributed by atoms with van der Waals surface area (Å²) < 4.78 is 0. The maximum Gasteiger partial charge on any atom is 0.237 e. The van der Waals surface area contributed by atoms with E-state index in [4.69, 9.17) is 4.98 Å². The Morgan fingerprint density at radius 1 is 1.32 bits per heavy atom. The van der Waals surface area contributed by atoms with Gasteiger partial charge in [0, 0.05) is 31.2 Å². The molecule has 2 aromatic heterocycles. The quantitative estimate of drug-likeness (QED) is 0.750. The number of rotatable bonds is 6. The van der Waals surface area contributed by atoms with Crippen LogP contribution in [-0.4, -0.2) is 53.0 Å². The number of pyridine rings is 1. The van der Waals surface area contributed by atoms with Crippen molar-refractivity contribution in [2.75, 3.05) is 26.2 Å². The second-order valence-corrected chi connectivity index (χ2v) is 8.35. The standard InChI is InChI=1S/C20H27N5OS.ClH/c26-19(17-7-3-9-21-17)23-11-15-5-4-10-25(12-15)13-16-14-27-20(24-16)18-6-1-2-8-22-18;/h1-2,6,8,14-15,17,21H,3-5,7,9-13H2,(H,23,26);1H. The number of thiazole rings is 1. The van der Waals surface area contributed by atoms with Crippen LogP contribution in [0.25, 0.3) is 10.7 Å². The maximum absolute atomic E-state index is 12.2. The number of carbonyl (C=O) groups excluding carboxylic acids is 1. The van der Waals surface area contributed by atoms with Gasteiger partial charge in [0.1, 0.15) is 5.01 Å². The Labute approximate surface area is 176 Å². The van der Waals surface area contributed by atoms with Gasteiger partial charge in [0.05, 0.1) is 17.4 Å². The normalized spacial score (nSPS) is 22.6. The number of amides is 1. The number of piperidine rings is 1. The molecule has 4 rings (SSSR count). The third kappa shape index (κ3) is 5.50. The van der Waals surface area contributed by atoms with E-state index in [1.165, 1.54) is 12.8 Å². The highest BCUT2D eigenvalue weighted by Crippen LogP contribution is 2.24. The van der Waals surface area contributed by atoms with Gasteiger partial charge in [-0.25, -0.2) is 4.98 Å². The molecule has 152 valence electrons. The van der Waals surface area contributed by atoms with E-state index >= 15 is 0 Å². The number of hydrogen-bond acceptors (Lipinski definition) is 6. The van der Waals surface area contributed by atoms with E-state index in [-0.39, 0.29) is 24.4 Å². The fourth-order valence-corrected chi connectivity index (χ4v) is 4.74. The molecule has 0 radical (unpaired) electrons. The highest BCUT2D eigenvalue weighted by atomic mass is 35.5. The maximum atomic E-state index is 12.2. The highest BCUT2D eigenvalue weighted by Gasteiger charge is 2.25. The Balaban J connectivity index is 0.00000225. The van der Waals surface area contributed by atoms with Crippen molar-refractivity contribution in [2.24, 2.45) is 5.92 Å². The number of carbonyl (C=O) groups is 1. The van der Waals surface area contributed by atoms with E-state index in [2.05, 4.69) is 25.9 Å². The average Bonchev–Trinajstić information content (AvgIpc) is 3.39. The van der Waals surface area contributed by atoms with Gasteiger partial charge in [0.25, 0.3) is 0 Å². The molecule has 2 fully saturated rings. The first-order valence-corrected chi connectivity index (χ1v) is 10.7. The summed E-state index contributed by atoms with van der Waals surface area (Å²) in [6.45, 7) is 4.74. The Morgan fingerprint density at radius 2 is 2.25 bits per heavy atom. The number of aromatic nitrogens is 2. The van der Waals surface area contributed by atoms with Crippen LogP contribution in [-0.2, 0) is 11.3 Å². The lowest BCUT2D eigenvalue weighted by atomic mass is 9.97. The largest absolute Gasteiger partial charge is 0.354 e. The lowest BCUT2D eigenvalue weighted by Crippen LogP contribution is -2.45. The second kappa shape index (κ2) is 10.3. The van der Waals surface area contributed by atoms with Gasteiger partial charge in [-0.1, -0.05) is 6.07 Å². The first-order valence-electron chi connectivity index (χ1n) is 9.87. The number of nitrogens with zero attached hydrogens (tertiary/aromatic N) is 3. The number of hydrogen-bond donors (Lipinski definition) is 2. The van der Waals surface area contributed by atoms with Gasteiger partial charge in [-0.3, -0.25) is 14.7 Å². The van der Waals surface area contributed by atoms with E-state index in [0.717, 1.165) is 62.0 Å². The van der Waals surface area contributed by atoms with Gasteiger partial charge >= 0.3 is 0 Å². The summed E-state index contributed by atoms with van der Waals surface area (Å²) in [6.07, 6.45) is 6.24. The van der Waals surface area contributed by atoms with Crippen LogP contribution in [0.3, 0.4) is 0 Å². The summed E-state index contributed by atoms with van der Waals surface area (Å²) >= 11 is 1.66. The second-order valence-electron chi connectivity index (χ2n) is 7.50. The smallest absolute Gasteiger partial charge is 0.237 e. The molecule has 1 amide bonds. The molecule has 0 aliphatic carbocycles. The fourth-order valence-electron chi connectivity index (χ4n) is 3.95. The van der Waals surface area contributed by atoms with Crippen LogP contribution in [0.2, 0.25) is 0 Å². The first-order chi connectivity index (χ1) is 13.3. The molecule has 2 aliphatic heterocycles. The molecule has 8 heteroatoms. The minimum absolute atomic E-state index is 0. The summed E-state index contributed by atoms with van der Waals surface area (Å²) in [5, 5.41) is 9.54. The van der Waals surface area contributed by atoms with Crippen LogP contribution in [0.15, 0.2) is 29.8 Å². The molecule has 0 aromatic carbocycles. The molecule has 2 aromatic rings. The third-order valence-electron chi connectivity index (χ3n) is 5.37.